The molecule has 4 nitrogen and oxygen atoms in total. The third-order valence-electron chi connectivity index (χ3n) is 3.03. The van der Waals surface area contributed by atoms with E-state index in [0.29, 0.717) is 18.2 Å². The van der Waals surface area contributed by atoms with Crippen molar-refractivity contribution >= 4 is 27.5 Å². The standard InChI is InChI=1S/C15H26N2O2S2/c1-13(2)5-3-4-10-17-21(18,19)12-11-20-15-8-6-14(16)7-9-15/h6-9,13,17H,3-5,10-12,16H2,1-2H3. The predicted molar refractivity (Wildman–Crippen MR) is 92.1 cm³/mol. The van der Waals surface area contributed by atoms with Gasteiger partial charge in [-0.05, 0) is 36.6 Å². The van der Waals surface area contributed by atoms with Crippen LogP contribution in [0.3, 0.4) is 0 Å². The van der Waals surface area contributed by atoms with Crippen LogP contribution < -0.4 is 10.5 Å². The van der Waals surface area contributed by atoms with E-state index in [1.165, 1.54) is 11.8 Å². The third-order valence-corrected chi connectivity index (χ3v) is 5.69. The second-order valence-electron chi connectivity index (χ2n) is 5.52. The Labute approximate surface area is 132 Å². The minimum atomic E-state index is -3.16. The molecule has 0 aliphatic rings. The summed E-state index contributed by atoms with van der Waals surface area (Å²) in [6, 6.07) is 7.46. The highest BCUT2D eigenvalue weighted by molar-refractivity contribution is 8.00. The van der Waals surface area contributed by atoms with Gasteiger partial charge in [0.2, 0.25) is 10.0 Å². The van der Waals surface area contributed by atoms with Gasteiger partial charge in [-0.15, -0.1) is 11.8 Å². The molecule has 120 valence electrons. The van der Waals surface area contributed by atoms with Gasteiger partial charge in [0.05, 0.1) is 5.75 Å². The lowest BCUT2D eigenvalue weighted by Gasteiger charge is -2.07. The zero-order valence-corrected chi connectivity index (χ0v) is 14.5. The summed E-state index contributed by atoms with van der Waals surface area (Å²) >= 11 is 1.53. The van der Waals surface area contributed by atoms with Crippen molar-refractivity contribution in [2.45, 2.75) is 38.0 Å². The summed E-state index contributed by atoms with van der Waals surface area (Å²) in [5.41, 5.74) is 6.33. The molecule has 0 unspecified atom stereocenters. The molecule has 0 bridgehead atoms. The van der Waals surface area contributed by atoms with E-state index in [9.17, 15) is 8.42 Å². The Balaban J connectivity index is 2.19. The summed E-state index contributed by atoms with van der Waals surface area (Å²) in [5, 5.41) is 0. The van der Waals surface area contributed by atoms with Gasteiger partial charge >= 0.3 is 0 Å². The third kappa shape index (κ3) is 9.01. The first kappa shape index (κ1) is 18.3. The first-order valence-electron chi connectivity index (χ1n) is 7.35. The highest BCUT2D eigenvalue weighted by Gasteiger charge is 2.09. The Bertz CT molecular complexity index is 499. The van der Waals surface area contributed by atoms with E-state index in [0.717, 1.165) is 29.8 Å². The summed E-state index contributed by atoms with van der Waals surface area (Å²) in [6.45, 7) is 4.90. The van der Waals surface area contributed by atoms with E-state index in [1.54, 1.807) is 0 Å². The number of unbranched alkanes of at least 4 members (excludes halogenated alkanes) is 1. The smallest absolute Gasteiger partial charge is 0.212 e. The number of nitrogen functional groups attached to an aromatic ring is 1. The molecule has 3 N–H and O–H groups in total. The molecule has 0 heterocycles. The van der Waals surface area contributed by atoms with Crippen LogP contribution in [0, 0.1) is 5.92 Å². The molecule has 0 saturated carbocycles. The first-order valence-corrected chi connectivity index (χ1v) is 9.98. The molecule has 1 aromatic rings. The molecule has 0 spiro atoms. The summed E-state index contributed by atoms with van der Waals surface area (Å²) < 4.78 is 26.3. The van der Waals surface area contributed by atoms with Gasteiger partial charge in [-0.1, -0.05) is 26.7 Å². The maximum atomic E-state index is 11.8. The Morgan fingerprint density at radius 1 is 1.19 bits per heavy atom. The minimum Gasteiger partial charge on any atom is -0.399 e. The van der Waals surface area contributed by atoms with Crippen molar-refractivity contribution in [1.29, 1.82) is 0 Å². The van der Waals surface area contributed by atoms with Crippen LogP contribution in [0.4, 0.5) is 5.69 Å². The number of rotatable bonds is 10. The number of nitrogens with one attached hydrogen (secondary N) is 1. The molecule has 1 aromatic carbocycles. The van der Waals surface area contributed by atoms with E-state index < -0.39 is 10.0 Å². The monoisotopic (exact) mass is 330 g/mol. The highest BCUT2D eigenvalue weighted by Crippen LogP contribution is 2.19. The molecule has 0 radical (unpaired) electrons. The molecular weight excluding hydrogens is 304 g/mol. The number of anilines is 1. The van der Waals surface area contributed by atoms with E-state index in [1.807, 2.05) is 24.3 Å². The molecule has 0 aliphatic carbocycles. The van der Waals surface area contributed by atoms with Crippen molar-refractivity contribution < 1.29 is 8.42 Å². The molecule has 0 aliphatic heterocycles. The van der Waals surface area contributed by atoms with Crippen LogP contribution in [0.15, 0.2) is 29.2 Å². The molecule has 0 fully saturated rings. The lowest BCUT2D eigenvalue weighted by atomic mass is 10.1. The lowest BCUT2D eigenvalue weighted by molar-refractivity contribution is 0.531. The second kappa shape index (κ2) is 9.33. The van der Waals surface area contributed by atoms with E-state index >= 15 is 0 Å². The van der Waals surface area contributed by atoms with Crippen LogP contribution in [-0.2, 0) is 10.0 Å². The fourth-order valence-electron chi connectivity index (χ4n) is 1.81. The van der Waals surface area contributed by atoms with Crippen LogP contribution in [0.1, 0.15) is 33.1 Å². The van der Waals surface area contributed by atoms with Gasteiger partial charge in [0.1, 0.15) is 0 Å². The Morgan fingerprint density at radius 3 is 2.48 bits per heavy atom. The average molecular weight is 331 g/mol. The van der Waals surface area contributed by atoms with E-state index in [-0.39, 0.29) is 5.75 Å². The van der Waals surface area contributed by atoms with Gasteiger partial charge in [-0.25, -0.2) is 13.1 Å². The second-order valence-corrected chi connectivity index (χ2v) is 8.62. The number of sulfonamides is 1. The maximum absolute atomic E-state index is 11.8. The van der Waals surface area contributed by atoms with Crippen molar-refractivity contribution in [3.63, 3.8) is 0 Å². The maximum Gasteiger partial charge on any atom is 0.212 e. The molecule has 21 heavy (non-hydrogen) atoms. The number of hydrogen-bond acceptors (Lipinski definition) is 4. The van der Waals surface area contributed by atoms with Gasteiger partial charge in [-0.3, -0.25) is 0 Å². The van der Waals surface area contributed by atoms with Crippen LogP contribution >= 0.6 is 11.8 Å². The van der Waals surface area contributed by atoms with Gasteiger partial charge in [0.15, 0.2) is 0 Å². The topological polar surface area (TPSA) is 72.2 Å². The van der Waals surface area contributed by atoms with Crippen molar-refractivity contribution in [3.05, 3.63) is 24.3 Å². The number of benzene rings is 1. The summed E-state index contributed by atoms with van der Waals surface area (Å²) in [5.74, 6) is 1.37. The number of thioether (sulfide) groups is 1. The van der Waals surface area contributed by atoms with E-state index in [2.05, 4.69) is 18.6 Å². The molecule has 0 aromatic heterocycles. The summed E-state index contributed by atoms with van der Waals surface area (Å²) in [7, 11) is -3.16. The SMILES string of the molecule is CC(C)CCCCNS(=O)(=O)CCSc1ccc(N)cc1. The molecule has 0 saturated heterocycles. The van der Waals surface area contributed by atoms with Crippen LogP contribution in [0.25, 0.3) is 0 Å². The van der Waals surface area contributed by atoms with Crippen LogP contribution in [0.5, 0.6) is 0 Å². The molecule has 6 heteroatoms. The Hall–Kier alpha value is -0.720. The quantitative estimate of drug-likeness (QED) is 0.393. The minimum absolute atomic E-state index is 0.145. The predicted octanol–water partition coefficient (Wildman–Crippen LogP) is 3.11. The van der Waals surface area contributed by atoms with Crippen molar-refractivity contribution in [2.75, 3.05) is 23.8 Å². The lowest BCUT2D eigenvalue weighted by Crippen LogP contribution is -2.28. The van der Waals surface area contributed by atoms with Gasteiger partial charge in [0, 0.05) is 22.9 Å². The first-order chi connectivity index (χ1) is 9.89. The van der Waals surface area contributed by atoms with Crippen LogP contribution in [0.2, 0.25) is 0 Å². The molecule has 0 amide bonds. The molecule has 1 rings (SSSR count). The molecular formula is C15H26N2O2S2. The largest absolute Gasteiger partial charge is 0.399 e. The Kier molecular flexibility index (Phi) is 8.14. The number of hydrogen-bond donors (Lipinski definition) is 2. The van der Waals surface area contributed by atoms with Gasteiger partial charge in [-0.2, -0.15) is 0 Å². The van der Waals surface area contributed by atoms with Gasteiger partial charge in [0.25, 0.3) is 0 Å². The van der Waals surface area contributed by atoms with Crippen molar-refractivity contribution in [2.24, 2.45) is 5.92 Å². The van der Waals surface area contributed by atoms with E-state index in [4.69, 9.17) is 5.73 Å². The summed E-state index contributed by atoms with van der Waals surface area (Å²) in [6.07, 6.45) is 3.12. The highest BCUT2D eigenvalue weighted by atomic mass is 32.2. The Morgan fingerprint density at radius 2 is 1.86 bits per heavy atom. The fourth-order valence-corrected chi connectivity index (χ4v) is 4.19. The van der Waals surface area contributed by atoms with Crippen molar-refractivity contribution in [1.82, 2.24) is 4.72 Å². The number of nitrogens with two attached hydrogens (primary N) is 1. The zero-order valence-electron chi connectivity index (χ0n) is 12.8. The van der Waals surface area contributed by atoms with Gasteiger partial charge < -0.3 is 5.73 Å². The summed E-state index contributed by atoms with van der Waals surface area (Å²) in [4.78, 5) is 1.04. The van der Waals surface area contributed by atoms with Crippen molar-refractivity contribution in [3.8, 4) is 0 Å². The van der Waals surface area contributed by atoms with Crippen LogP contribution in [-0.4, -0.2) is 26.5 Å². The fraction of sp³-hybridized carbons (Fsp3) is 0.600. The normalized spacial score (nSPS) is 12.0. The molecule has 0 atom stereocenters. The average Bonchev–Trinajstić information content (AvgIpc) is 2.40. The zero-order chi connectivity index (χ0) is 15.7.